The highest BCUT2D eigenvalue weighted by Crippen LogP contribution is 2.37. The summed E-state index contributed by atoms with van der Waals surface area (Å²) in [6, 6.07) is 0. The predicted molar refractivity (Wildman–Crippen MR) is 30.1 cm³/mol. The molecule has 1 rings (SSSR count). The highest BCUT2D eigenvalue weighted by molar-refractivity contribution is 6.59. The van der Waals surface area contributed by atoms with Crippen molar-refractivity contribution in [3.8, 4) is 0 Å². The number of hydrogen-bond acceptors (Lipinski definition) is 0. The van der Waals surface area contributed by atoms with E-state index in [0.717, 1.165) is 5.54 Å². The van der Waals surface area contributed by atoms with E-state index in [1.54, 1.807) is 0 Å². The minimum atomic E-state index is 0.104. The van der Waals surface area contributed by atoms with Gasteiger partial charge in [-0.15, -0.1) is 0 Å². The van der Waals surface area contributed by atoms with Gasteiger partial charge in [0.15, 0.2) is 0 Å². The molecule has 0 aliphatic heterocycles. The van der Waals surface area contributed by atoms with Gasteiger partial charge < -0.3 is 0 Å². The monoisotopic (exact) mass is 98.1 g/mol. The molecular formula is C5H10Si. The van der Waals surface area contributed by atoms with Crippen LogP contribution in [0.25, 0.3) is 0 Å². The maximum absolute atomic E-state index is 2.41. The van der Waals surface area contributed by atoms with Crippen LogP contribution in [0.1, 0.15) is 6.42 Å². The molecule has 6 heavy (non-hydrogen) atoms. The van der Waals surface area contributed by atoms with Crippen molar-refractivity contribution in [2.75, 3.05) is 0 Å². The van der Waals surface area contributed by atoms with Crippen molar-refractivity contribution < 1.29 is 0 Å². The van der Waals surface area contributed by atoms with Crippen molar-refractivity contribution in [3.05, 3.63) is 6.42 Å². The molecule has 1 unspecified atom stereocenters. The fourth-order valence-electron chi connectivity index (χ4n) is 0.539. The van der Waals surface area contributed by atoms with Crippen LogP contribution in [0.15, 0.2) is 0 Å². The van der Waals surface area contributed by atoms with Gasteiger partial charge in [-0.2, -0.15) is 0 Å². The average molecular weight is 98.2 g/mol. The van der Waals surface area contributed by atoms with Gasteiger partial charge in [0.1, 0.15) is 0 Å². The van der Waals surface area contributed by atoms with Crippen LogP contribution in [-0.2, 0) is 0 Å². The van der Waals surface area contributed by atoms with Crippen molar-refractivity contribution in [3.63, 3.8) is 0 Å². The topological polar surface area (TPSA) is 0 Å². The molecule has 1 fully saturated rings. The molecule has 1 atom stereocenters. The first kappa shape index (κ1) is 4.38. The Morgan fingerprint density at radius 2 is 2.17 bits per heavy atom. The van der Waals surface area contributed by atoms with E-state index in [4.69, 9.17) is 0 Å². The maximum atomic E-state index is 2.41. The Kier molecular flexibility index (Phi) is 1.00. The summed E-state index contributed by atoms with van der Waals surface area (Å²) in [6.45, 7) is 4.75. The second-order valence-electron chi connectivity index (χ2n) is 2.16. The second-order valence-corrected chi connectivity index (χ2v) is 5.05. The minimum Gasteiger partial charge on any atom is -0.0711 e. The van der Waals surface area contributed by atoms with Crippen molar-refractivity contribution in [1.29, 1.82) is 0 Å². The van der Waals surface area contributed by atoms with Crippen LogP contribution in [-0.4, -0.2) is 8.80 Å². The third-order valence-electron chi connectivity index (χ3n) is 1.21. The Balaban J connectivity index is 2.13. The number of hydrogen-bond donors (Lipinski definition) is 0. The van der Waals surface area contributed by atoms with Crippen LogP contribution in [0.5, 0.6) is 0 Å². The Bertz CT molecular complexity index is 45.9. The van der Waals surface area contributed by atoms with E-state index in [1.165, 1.54) is 6.42 Å². The van der Waals surface area contributed by atoms with E-state index in [-0.39, 0.29) is 8.80 Å². The van der Waals surface area contributed by atoms with Gasteiger partial charge in [-0.05, 0) is 18.4 Å². The quantitative estimate of drug-likeness (QED) is 0.438. The lowest BCUT2D eigenvalue weighted by Gasteiger charge is -1.90. The van der Waals surface area contributed by atoms with Gasteiger partial charge >= 0.3 is 0 Å². The van der Waals surface area contributed by atoms with Gasteiger partial charge in [0, 0.05) is 8.80 Å². The van der Waals surface area contributed by atoms with E-state index < -0.39 is 0 Å². The van der Waals surface area contributed by atoms with Crippen molar-refractivity contribution in [2.45, 2.75) is 25.1 Å². The molecule has 2 radical (unpaired) electrons. The zero-order chi connectivity index (χ0) is 4.57. The third kappa shape index (κ3) is 0.838. The van der Waals surface area contributed by atoms with E-state index >= 15 is 0 Å². The largest absolute Gasteiger partial charge is 0.0711 e. The molecule has 1 heteroatoms. The molecule has 1 aliphatic carbocycles. The van der Waals surface area contributed by atoms with Crippen LogP contribution in [0, 0.1) is 6.42 Å². The molecular weight excluding hydrogens is 88.1 g/mol. The first-order valence-electron chi connectivity index (χ1n) is 2.44. The van der Waals surface area contributed by atoms with Gasteiger partial charge in [0.25, 0.3) is 0 Å². The van der Waals surface area contributed by atoms with Crippen LogP contribution in [0.3, 0.4) is 0 Å². The molecule has 0 spiro atoms. The molecule has 0 N–H and O–H groups in total. The van der Waals surface area contributed by atoms with E-state index in [9.17, 15) is 0 Å². The maximum Gasteiger partial charge on any atom is 0.0449 e. The molecule has 0 bridgehead atoms. The molecule has 1 saturated carbocycles. The lowest BCUT2D eigenvalue weighted by atomic mass is 11.0. The summed E-state index contributed by atoms with van der Waals surface area (Å²) in [4.78, 5) is 0. The van der Waals surface area contributed by atoms with E-state index in [2.05, 4.69) is 19.5 Å². The minimum absolute atomic E-state index is 0.104. The van der Waals surface area contributed by atoms with Crippen LogP contribution in [0.4, 0.5) is 0 Å². The van der Waals surface area contributed by atoms with Gasteiger partial charge in [-0.25, -0.2) is 0 Å². The molecule has 0 aromatic heterocycles. The summed E-state index contributed by atoms with van der Waals surface area (Å²) in [5.74, 6) is 0. The highest BCUT2D eigenvalue weighted by Gasteiger charge is 2.25. The zero-order valence-electron chi connectivity index (χ0n) is 4.36. The Morgan fingerprint density at radius 3 is 2.17 bits per heavy atom. The van der Waals surface area contributed by atoms with Crippen LogP contribution < -0.4 is 0 Å². The van der Waals surface area contributed by atoms with E-state index in [1.807, 2.05) is 0 Å². The zero-order valence-corrected chi connectivity index (χ0v) is 5.36. The SMILES string of the molecule is C[Si](C)C1[CH]C1. The second kappa shape index (κ2) is 1.37. The smallest absolute Gasteiger partial charge is 0.0449 e. The number of rotatable bonds is 1. The molecule has 0 heterocycles. The molecule has 34 valence electrons. The summed E-state index contributed by atoms with van der Waals surface area (Å²) in [5.41, 5.74) is 1.08. The van der Waals surface area contributed by atoms with Crippen molar-refractivity contribution in [1.82, 2.24) is 0 Å². The van der Waals surface area contributed by atoms with Gasteiger partial charge in [-0.1, -0.05) is 13.1 Å². The highest BCUT2D eigenvalue weighted by atomic mass is 28.3. The third-order valence-corrected chi connectivity index (χ3v) is 3.17. The lowest BCUT2D eigenvalue weighted by molar-refractivity contribution is 1.41. The normalized spacial score (nSPS) is 22.5. The van der Waals surface area contributed by atoms with Gasteiger partial charge in [0.2, 0.25) is 0 Å². The molecule has 0 saturated heterocycles. The molecule has 1 aliphatic rings. The van der Waals surface area contributed by atoms with Crippen molar-refractivity contribution in [2.24, 2.45) is 0 Å². The molecule has 0 amide bonds. The lowest BCUT2D eigenvalue weighted by Crippen LogP contribution is -1.96. The predicted octanol–water partition coefficient (Wildman–Crippen LogP) is 1.72. The van der Waals surface area contributed by atoms with Crippen LogP contribution in [0.2, 0.25) is 18.6 Å². The standard InChI is InChI=1S/C5H10Si/c1-6(2)5-3-4-5/h3,5H,4H2,1-2H3. The first-order valence-corrected chi connectivity index (χ1v) is 5.02. The fraction of sp³-hybridized carbons (Fsp3) is 0.800. The summed E-state index contributed by atoms with van der Waals surface area (Å²) in [7, 11) is 0.104. The molecule has 0 nitrogen and oxygen atoms in total. The van der Waals surface area contributed by atoms with Crippen LogP contribution >= 0.6 is 0 Å². The van der Waals surface area contributed by atoms with Gasteiger partial charge in [-0.3, -0.25) is 0 Å². The molecule has 0 aromatic carbocycles. The summed E-state index contributed by atoms with van der Waals surface area (Å²) in [6.07, 6.45) is 3.83. The fourth-order valence-corrected chi connectivity index (χ4v) is 1.62. The molecule has 0 aromatic rings. The first-order chi connectivity index (χ1) is 2.80. The summed E-state index contributed by atoms with van der Waals surface area (Å²) >= 11 is 0. The summed E-state index contributed by atoms with van der Waals surface area (Å²) < 4.78 is 0. The van der Waals surface area contributed by atoms with E-state index in [0.29, 0.717) is 0 Å². The Morgan fingerprint density at radius 1 is 1.67 bits per heavy atom. The van der Waals surface area contributed by atoms with Crippen molar-refractivity contribution >= 4 is 8.80 Å². The Labute approximate surface area is 41.2 Å². The Hall–Kier alpha value is 0.217. The van der Waals surface area contributed by atoms with Gasteiger partial charge in [0.05, 0.1) is 0 Å². The average Bonchev–Trinajstić information content (AvgIpc) is 2.06. The summed E-state index contributed by atoms with van der Waals surface area (Å²) in [5, 5.41) is 0.